The molecule has 0 fully saturated rings. The second-order valence-electron chi connectivity index (χ2n) is 2.65. The number of carbonyl (C=O) groups is 1. The number of nitrogens with two attached hydrogens (primary N) is 2. The fourth-order valence-corrected chi connectivity index (χ4v) is 1.15. The third kappa shape index (κ3) is 3.35. The fourth-order valence-electron chi connectivity index (χ4n) is 0.817. The molecule has 80 valence electrons. The Hall–Kier alpha value is -1.37. The molecule has 1 rings (SSSR count). The molecule has 1 aromatic carbocycles. The zero-order chi connectivity index (χ0) is 11.4. The number of urea groups is 1. The predicted molar refractivity (Wildman–Crippen MR) is 63.3 cm³/mol. The van der Waals surface area contributed by atoms with E-state index in [-0.39, 0.29) is 5.11 Å². The number of halogens is 1. The van der Waals surface area contributed by atoms with Crippen molar-refractivity contribution in [2.24, 2.45) is 11.6 Å². The summed E-state index contributed by atoms with van der Waals surface area (Å²) >= 11 is 10.5. The summed E-state index contributed by atoms with van der Waals surface area (Å²) in [6.45, 7) is 0. The molecule has 0 radical (unpaired) electrons. The first kappa shape index (κ1) is 11.7. The smallest absolute Gasteiger partial charge is 0.335 e. The lowest BCUT2D eigenvalue weighted by Gasteiger charge is -2.15. The van der Waals surface area contributed by atoms with Crippen LogP contribution in [-0.4, -0.2) is 16.2 Å². The third-order valence-electron chi connectivity index (χ3n) is 1.55. The first-order valence-electron chi connectivity index (χ1n) is 3.91. The standard InChI is InChI=1S/C8H9ClN4OS/c9-5-1-3-6(4-2-5)12-8(15)13(11)7(10)14/h1-4H,11H2,(H2,10,14)(H,12,15). The summed E-state index contributed by atoms with van der Waals surface area (Å²) in [6.07, 6.45) is 0. The largest absolute Gasteiger partial charge is 0.350 e. The van der Waals surface area contributed by atoms with Crippen molar-refractivity contribution in [3.63, 3.8) is 0 Å². The van der Waals surface area contributed by atoms with Crippen molar-refractivity contribution in [2.75, 3.05) is 5.32 Å². The van der Waals surface area contributed by atoms with E-state index in [9.17, 15) is 4.79 Å². The van der Waals surface area contributed by atoms with Gasteiger partial charge in [0.15, 0.2) is 5.11 Å². The fraction of sp³-hybridized carbons (Fsp3) is 0. The highest BCUT2D eigenvalue weighted by molar-refractivity contribution is 7.80. The first-order valence-corrected chi connectivity index (χ1v) is 4.70. The lowest BCUT2D eigenvalue weighted by atomic mass is 10.3. The molecule has 0 saturated carbocycles. The Morgan fingerprint density at radius 1 is 1.40 bits per heavy atom. The van der Waals surface area contributed by atoms with Crippen molar-refractivity contribution in [3.05, 3.63) is 29.3 Å². The number of hydrogen-bond donors (Lipinski definition) is 3. The molecule has 0 unspecified atom stereocenters. The van der Waals surface area contributed by atoms with Crippen molar-refractivity contribution in [2.45, 2.75) is 0 Å². The molecule has 1 aromatic rings. The summed E-state index contributed by atoms with van der Waals surface area (Å²) in [4.78, 5) is 10.7. The van der Waals surface area contributed by atoms with Gasteiger partial charge in [-0.25, -0.2) is 15.6 Å². The van der Waals surface area contributed by atoms with E-state index in [0.717, 1.165) is 0 Å². The quantitative estimate of drug-likeness (QED) is 0.301. The summed E-state index contributed by atoms with van der Waals surface area (Å²) < 4.78 is 0. The van der Waals surface area contributed by atoms with Crippen molar-refractivity contribution in [1.82, 2.24) is 5.01 Å². The van der Waals surface area contributed by atoms with E-state index in [1.54, 1.807) is 24.3 Å². The van der Waals surface area contributed by atoms with Crippen molar-refractivity contribution in [1.29, 1.82) is 0 Å². The van der Waals surface area contributed by atoms with Crippen LogP contribution in [0.4, 0.5) is 10.5 Å². The molecule has 0 spiro atoms. The minimum absolute atomic E-state index is 0.0184. The van der Waals surface area contributed by atoms with Crippen LogP contribution in [0.5, 0.6) is 0 Å². The molecule has 15 heavy (non-hydrogen) atoms. The Labute approximate surface area is 96.9 Å². The normalized spacial score (nSPS) is 9.47. The lowest BCUT2D eigenvalue weighted by molar-refractivity contribution is 0.231. The Bertz CT molecular complexity index is 381. The van der Waals surface area contributed by atoms with Crippen LogP contribution >= 0.6 is 23.8 Å². The molecule has 7 heteroatoms. The number of hydrazine groups is 1. The minimum Gasteiger partial charge on any atom is -0.350 e. The van der Waals surface area contributed by atoms with Gasteiger partial charge in [0, 0.05) is 10.7 Å². The predicted octanol–water partition coefficient (Wildman–Crippen LogP) is 1.29. The van der Waals surface area contributed by atoms with Gasteiger partial charge in [-0.3, -0.25) is 0 Å². The molecule has 5 nitrogen and oxygen atoms in total. The molecular formula is C8H9ClN4OS. The highest BCUT2D eigenvalue weighted by Crippen LogP contribution is 2.13. The van der Waals surface area contributed by atoms with Crippen molar-refractivity contribution < 1.29 is 4.79 Å². The molecule has 0 aromatic heterocycles. The van der Waals surface area contributed by atoms with Gasteiger partial charge < -0.3 is 11.1 Å². The van der Waals surface area contributed by atoms with Crippen LogP contribution in [-0.2, 0) is 0 Å². The summed E-state index contributed by atoms with van der Waals surface area (Å²) in [6, 6.07) is 5.92. The van der Waals surface area contributed by atoms with Crippen LogP contribution in [0.15, 0.2) is 24.3 Å². The summed E-state index contributed by atoms with van der Waals surface area (Å²) in [7, 11) is 0. The van der Waals surface area contributed by atoms with E-state index in [2.05, 4.69) is 5.32 Å². The van der Waals surface area contributed by atoms with E-state index >= 15 is 0 Å². The Morgan fingerprint density at radius 3 is 2.40 bits per heavy atom. The maximum absolute atomic E-state index is 10.7. The molecule has 2 amide bonds. The maximum atomic E-state index is 10.7. The average molecular weight is 245 g/mol. The molecular weight excluding hydrogens is 236 g/mol. The van der Waals surface area contributed by atoms with E-state index < -0.39 is 6.03 Å². The van der Waals surface area contributed by atoms with E-state index in [1.165, 1.54) is 0 Å². The molecule has 0 heterocycles. The van der Waals surface area contributed by atoms with Gasteiger partial charge in [0.1, 0.15) is 0 Å². The van der Waals surface area contributed by atoms with Crippen LogP contribution in [0.2, 0.25) is 5.02 Å². The average Bonchev–Trinajstić information content (AvgIpc) is 2.20. The zero-order valence-electron chi connectivity index (χ0n) is 7.61. The van der Waals surface area contributed by atoms with E-state index in [1.807, 2.05) is 0 Å². The number of nitrogens with zero attached hydrogens (tertiary/aromatic N) is 1. The number of benzene rings is 1. The van der Waals surface area contributed by atoms with E-state index in [0.29, 0.717) is 15.7 Å². The summed E-state index contributed by atoms with van der Waals surface area (Å²) in [5.74, 6) is 5.27. The van der Waals surface area contributed by atoms with Gasteiger partial charge in [-0.1, -0.05) is 11.6 Å². The summed E-state index contributed by atoms with van der Waals surface area (Å²) in [5.41, 5.74) is 5.60. The van der Waals surface area contributed by atoms with Crippen LogP contribution in [0, 0.1) is 0 Å². The Morgan fingerprint density at radius 2 is 1.93 bits per heavy atom. The van der Waals surface area contributed by atoms with Gasteiger partial charge in [-0.2, -0.15) is 0 Å². The van der Waals surface area contributed by atoms with Crippen molar-refractivity contribution >= 4 is 40.6 Å². The maximum Gasteiger partial charge on any atom is 0.335 e. The number of nitrogens with one attached hydrogen (secondary N) is 1. The van der Waals surface area contributed by atoms with E-state index in [4.69, 9.17) is 35.4 Å². The molecule has 0 aliphatic rings. The second kappa shape index (κ2) is 4.92. The van der Waals surface area contributed by atoms with Gasteiger partial charge in [-0.15, -0.1) is 0 Å². The number of thiocarbonyl (C=S) groups is 1. The molecule has 0 aliphatic heterocycles. The van der Waals surface area contributed by atoms with Gasteiger partial charge in [0.05, 0.1) is 0 Å². The highest BCUT2D eigenvalue weighted by atomic mass is 35.5. The Kier molecular flexibility index (Phi) is 3.84. The molecule has 0 saturated heterocycles. The number of hydrogen-bond acceptors (Lipinski definition) is 3. The van der Waals surface area contributed by atoms with Gasteiger partial charge in [-0.05, 0) is 36.5 Å². The highest BCUT2D eigenvalue weighted by Gasteiger charge is 2.09. The number of primary amides is 1. The van der Waals surface area contributed by atoms with Crippen LogP contribution in [0.3, 0.4) is 0 Å². The van der Waals surface area contributed by atoms with Crippen molar-refractivity contribution in [3.8, 4) is 0 Å². The second-order valence-corrected chi connectivity index (χ2v) is 3.47. The molecule has 0 aliphatic carbocycles. The van der Waals surface area contributed by atoms with Crippen LogP contribution in [0.1, 0.15) is 0 Å². The molecule has 0 atom stereocenters. The van der Waals surface area contributed by atoms with Crippen LogP contribution in [0.25, 0.3) is 0 Å². The minimum atomic E-state index is -0.832. The van der Waals surface area contributed by atoms with Gasteiger partial charge >= 0.3 is 6.03 Å². The lowest BCUT2D eigenvalue weighted by Crippen LogP contribution is -2.47. The molecule has 5 N–H and O–H groups in total. The number of anilines is 1. The third-order valence-corrected chi connectivity index (χ3v) is 2.10. The Balaban J connectivity index is 2.66. The number of carbonyl (C=O) groups excluding carboxylic acids is 1. The topological polar surface area (TPSA) is 84.4 Å². The first-order chi connectivity index (χ1) is 7.00. The van der Waals surface area contributed by atoms with Crippen LogP contribution < -0.4 is 16.9 Å². The number of amides is 2. The molecule has 0 bridgehead atoms. The zero-order valence-corrected chi connectivity index (χ0v) is 9.18. The monoisotopic (exact) mass is 244 g/mol. The van der Waals surface area contributed by atoms with Gasteiger partial charge in [0.2, 0.25) is 0 Å². The SMILES string of the molecule is NC(=O)N(N)C(=S)Nc1ccc(Cl)cc1. The number of rotatable bonds is 1. The summed E-state index contributed by atoms with van der Waals surface area (Å²) in [5, 5.41) is 3.99. The van der Waals surface area contributed by atoms with Gasteiger partial charge in [0.25, 0.3) is 0 Å².